The van der Waals surface area contributed by atoms with Crippen LogP contribution in [0.1, 0.15) is 28.4 Å². The average molecular weight is 254 g/mol. The smallest absolute Gasteiger partial charge is 0.184 e. The lowest BCUT2D eigenvalue weighted by Crippen LogP contribution is -2.09. The molecule has 0 aromatic heterocycles. The van der Waals surface area contributed by atoms with Gasteiger partial charge < -0.3 is 0 Å². The quantitative estimate of drug-likeness (QED) is 0.691. The summed E-state index contributed by atoms with van der Waals surface area (Å²) in [6.45, 7) is 3.98. The van der Waals surface area contributed by atoms with Crippen molar-refractivity contribution in [2.24, 2.45) is 0 Å². The summed E-state index contributed by atoms with van der Waals surface area (Å²) >= 11 is 0. The lowest BCUT2D eigenvalue weighted by atomic mass is 9.89. The number of carbonyl (C=O) groups excluding carboxylic acids is 1. The summed E-state index contributed by atoms with van der Waals surface area (Å²) in [4.78, 5) is 12.0. The Hall–Kier alpha value is -1.96. The molecular formula is C17H15FO. The molecule has 1 aliphatic rings. The molecule has 3 rings (SSSR count). The molecule has 2 aromatic carbocycles. The Morgan fingerprint density at radius 3 is 2.37 bits per heavy atom. The van der Waals surface area contributed by atoms with Crippen LogP contribution in [0.5, 0.6) is 0 Å². The fourth-order valence-electron chi connectivity index (χ4n) is 2.93. The van der Waals surface area contributed by atoms with Crippen molar-refractivity contribution < 1.29 is 9.18 Å². The van der Waals surface area contributed by atoms with Crippen molar-refractivity contribution in [1.29, 1.82) is 0 Å². The second-order valence-corrected chi connectivity index (χ2v) is 5.15. The van der Waals surface area contributed by atoms with E-state index in [1.165, 1.54) is 0 Å². The van der Waals surface area contributed by atoms with E-state index in [4.69, 9.17) is 0 Å². The molecule has 1 aliphatic carbocycles. The predicted octanol–water partition coefficient (Wildman–Crippen LogP) is 4.11. The normalized spacial score (nSPS) is 17.6. The van der Waals surface area contributed by atoms with Crippen molar-refractivity contribution >= 4 is 5.78 Å². The second-order valence-electron chi connectivity index (χ2n) is 5.15. The van der Waals surface area contributed by atoms with Gasteiger partial charge in [0.1, 0.15) is 0 Å². The third kappa shape index (κ3) is 1.79. The van der Waals surface area contributed by atoms with Crippen LogP contribution in [0.25, 0.3) is 11.1 Å². The number of aryl methyl sites for hydroxylation is 2. The molecule has 0 unspecified atom stereocenters. The number of rotatable bonds is 0. The summed E-state index contributed by atoms with van der Waals surface area (Å²) in [7, 11) is 0. The van der Waals surface area contributed by atoms with Crippen LogP contribution in [-0.2, 0) is 11.2 Å². The van der Waals surface area contributed by atoms with Gasteiger partial charge in [-0.25, -0.2) is 4.39 Å². The van der Waals surface area contributed by atoms with Crippen LogP contribution in [0, 0.1) is 13.8 Å². The predicted molar refractivity (Wildman–Crippen MR) is 73.9 cm³/mol. The van der Waals surface area contributed by atoms with E-state index in [2.05, 4.69) is 0 Å². The van der Waals surface area contributed by atoms with E-state index in [9.17, 15) is 9.18 Å². The summed E-state index contributed by atoms with van der Waals surface area (Å²) in [6.07, 6.45) is -1.34. The Morgan fingerprint density at radius 1 is 1.00 bits per heavy atom. The number of Topliss-reactive ketones (excluding diaryl/α,β-unsaturated/α-hetero) is 1. The van der Waals surface area contributed by atoms with E-state index in [1.807, 2.05) is 44.2 Å². The fourth-order valence-corrected chi connectivity index (χ4v) is 2.93. The van der Waals surface area contributed by atoms with E-state index in [0.717, 1.165) is 27.8 Å². The first kappa shape index (κ1) is 12.1. The summed E-state index contributed by atoms with van der Waals surface area (Å²) in [5.41, 5.74) is 5.48. The Balaban J connectivity index is 2.43. The van der Waals surface area contributed by atoms with Crippen molar-refractivity contribution in [1.82, 2.24) is 0 Å². The first-order valence-corrected chi connectivity index (χ1v) is 6.44. The van der Waals surface area contributed by atoms with E-state index in [0.29, 0.717) is 5.56 Å². The van der Waals surface area contributed by atoms with Crippen molar-refractivity contribution in [2.75, 3.05) is 0 Å². The lowest BCUT2D eigenvalue weighted by molar-refractivity contribution is -0.123. The molecule has 0 aliphatic heterocycles. The molecule has 2 aromatic rings. The van der Waals surface area contributed by atoms with Crippen molar-refractivity contribution in [3.05, 3.63) is 58.7 Å². The third-order valence-electron chi connectivity index (χ3n) is 3.83. The van der Waals surface area contributed by atoms with Crippen molar-refractivity contribution in [3.63, 3.8) is 0 Å². The molecular weight excluding hydrogens is 239 g/mol. The van der Waals surface area contributed by atoms with Gasteiger partial charge in [-0.2, -0.15) is 0 Å². The van der Waals surface area contributed by atoms with Crippen molar-refractivity contribution in [3.8, 4) is 11.1 Å². The third-order valence-corrected chi connectivity index (χ3v) is 3.83. The highest BCUT2D eigenvalue weighted by atomic mass is 19.1. The molecule has 0 amide bonds. The molecule has 0 bridgehead atoms. The van der Waals surface area contributed by atoms with E-state index >= 15 is 0 Å². The van der Waals surface area contributed by atoms with Crippen molar-refractivity contribution in [2.45, 2.75) is 26.4 Å². The van der Waals surface area contributed by atoms with Gasteiger partial charge in [-0.05, 0) is 41.7 Å². The van der Waals surface area contributed by atoms with Gasteiger partial charge in [0.15, 0.2) is 12.0 Å². The zero-order valence-electron chi connectivity index (χ0n) is 11.0. The van der Waals surface area contributed by atoms with Gasteiger partial charge in [0.2, 0.25) is 0 Å². The number of ketones is 1. The van der Waals surface area contributed by atoms with Crippen LogP contribution >= 0.6 is 0 Å². The van der Waals surface area contributed by atoms with Gasteiger partial charge in [0, 0.05) is 12.0 Å². The molecule has 0 spiro atoms. The summed E-state index contributed by atoms with van der Waals surface area (Å²) < 4.78 is 14.4. The Morgan fingerprint density at radius 2 is 1.63 bits per heavy atom. The molecule has 1 atom stereocenters. The molecule has 0 radical (unpaired) electrons. The number of carbonyl (C=O) groups is 1. The molecule has 0 heterocycles. The van der Waals surface area contributed by atoms with Crippen LogP contribution < -0.4 is 0 Å². The zero-order valence-corrected chi connectivity index (χ0v) is 11.0. The molecule has 0 saturated carbocycles. The van der Waals surface area contributed by atoms with E-state index in [-0.39, 0.29) is 12.2 Å². The highest BCUT2D eigenvalue weighted by Crippen LogP contribution is 2.40. The van der Waals surface area contributed by atoms with Crippen LogP contribution in [-0.4, -0.2) is 5.78 Å². The maximum absolute atomic E-state index is 14.4. The minimum Gasteiger partial charge on any atom is -0.296 e. The van der Waals surface area contributed by atoms with Gasteiger partial charge >= 0.3 is 0 Å². The van der Waals surface area contributed by atoms with Crippen LogP contribution in [0.3, 0.4) is 0 Å². The minimum atomic E-state index is -1.51. The number of hydrogen-bond acceptors (Lipinski definition) is 1. The SMILES string of the molecule is Cc1cccc2c1-c1c(C)cccc1[C@@H](F)C(=O)C2. The lowest BCUT2D eigenvalue weighted by Gasteiger charge is -2.15. The zero-order chi connectivity index (χ0) is 13.6. The Bertz CT molecular complexity index is 673. The van der Waals surface area contributed by atoms with Gasteiger partial charge in [-0.1, -0.05) is 36.4 Å². The summed E-state index contributed by atoms with van der Waals surface area (Å²) in [6, 6.07) is 11.4. The van der Waals surface area contributed by atoms with Crippen LogP contribution in [0.2, 0.25) is 0 Å². The number of benzene rings is 2. The van der Waals surface area contributed by atoms with E-state index in [1.54, 1.807) is 6.07 Å². The highest BCUT2D eigenvalue weighted by Gasteiger charge is 2.29. The van der Waals surface area contributed by atoms with E-state index < -0.39 is 6.17 Å². The number of halogens is 1. The molecule has 96 valence electrons. The Kier molecular flexibility index (Phi) is 2.74. The molecule has 0 N–H and O–H groups in total. The highest BCUT2D eigenvalue weighted by molar-refractivity contribution is 5.94. The first-order chi connectivity index (χ1) is 9.09. The second kappa shape index (κ2) is 4.30. The molecule has 0 fully saturated rings. The number of fused-ring (bicyclic) bond motifs is 3. The van der Waals surface area contributed by atoms with Crippen LogP contribution in [0.4, 0.5) is 4.39 Å². The first-order valence-electron chi connectivity index (χ1n) is 6.44. The standard InChI is InChI=1S/C17H15FO/c1-10-5-3-7-12-9-14(19)17(18)13-8-4-6-11(2)16(13)15(10)12/h3-8,17H,9H2,1-2H3/t17-/m1/s1. The van der Waals surface area contributed by atoms with Gasteiger partial charge in [0.25, 0.3) is 0 Å². The monoisotopic (exact) mass is 254 g/mol. The molecule has 0 saturated heterocycles. The summed E-state index contributed by atoms with van der Waals surface area (Å²) in [5.74, 6) is -0.351. The topological polar surface area (TPSA) is 17.1 Å². The van der Waals surface area contributed by atoms with Gasteiger partial charge in [0.05, 0.1) is 0 Å². The van der Waals surface area contributed by atoms with Crippen LogP contribution in [0.15, 0.2) is 36.4 Å². The minimum absolute atomic E-state index is 0.173. The van der Waals surface area contributed by atoms with Gasteiger partial charge in [-0.3, -0.25) is 4.79 Å². The molecule has 2 heteroatoms. The summed E-state index contributed by atoms with van der Waals surface area (Å²) in [5, 5.41) is 0. The van der Waals surface area contributed by atoms with Gasteiger partial charge in [-0.15, -0.1) is 0 Å². The molecule has 1 nitrogen and oxygen atoms in total. The molecule has 19 heavy (non-hydrogen) atoms. The largest absolute Gasteiger partial charge is 0.296 e. The fraction of sp³-hybridized carbons (Fsp3) is 0.235. The maximum atomic E-state index is 14.4. The Labute approximate surface area is 112 Å². The average Bonchev–Trinajstić information content (AvgIpc) is 2.49. The number of hydrogen-bond donors (Lipinski definition) is 0. The maximum Gasteiger partial charge on any atom is 0.184 e. The number of alkyl halides is 1.